The van der Waals surface area contributed by atoms with Crippen molar-refractivity contribution < 1.29 is 0 Å². The predicted octanol–water partition coefficient (Wildman–Crippen LogP) is 5.34. The molecule has 0 saturated carbocycles. The van der Waals surface area contributed by atoms with Crippen LogP contribution in [0.2, 0.25) is 5.15 Å². The quantitative estimate of drug-likeness (QED) is 0.655. The maximum absolute atomic E-state index is 6.11. The number of halogens is 3. The summed E-state index contributed by atoms with van der Waals surface area (Å²) in [6, 6.07) is 3.98. The highest BCUT2D eigenvalue weighted by Gasteiger charge is 2.12. The number of rotatable bonds is 3. The smallest absolute Gasteiger partial charge is 0.171 e. The number of hydrogen-bond donors (Lipinski definition) is 0. The molecule has 17 heavy (non-hydrogen) atoms. The molecule has 0 aliphatic carbocycles. The van der Waals surface area contributed by atoms with E-state index in [2.05, 4.69) is 48.8 Å². The zero-order chi connectivity index (χ0) is 12.4. The molecule has 0 fully saturated rings. The van der Waals surface area contributed by atoms with Gasteiger partial charge in [0.05, 0.1) is 18.8 Å². The van der Waals surface area contributed by atoms with Gasteiger partial charge in [-0.15, -0.1) is 11.3 Å². The Hall–Kier alpha value is 0.0300. The first-order valence-electron chi connectivity index (χ1n) is 5.09. The highest BCUT2D eigenvalue weighted by molar-refractivity contribution is 9.11. The molecular formula is C11H9Br2ClN2S. The van der Waals surface area contributed by atoms with Crippen molar-refractivity contribution in [1.29, 1.82) is 0 Å². The normalized spacial score (nSPS) is 10.8. The third-order valence-corrected chi connectivity index (χ3v) is 5.11. The maximum atomic E-state index is 6.11. The van der Waals surface area contributed by atoms with Crippen molar-refractivity contribution in [2.24, 2.45) is 0 Å². The van der Waals surface area contributed by atoms with Crippen molar-refractivity contribution in [2.75, 3.05) is 0 Å². The van der Waals surface area contributed by atoms with E-state index in [0.717, 1.165) is 31.7 Å². The largest absolute Gasteiger partial charge is 0.231 e. The molecule has 0 atom stereocenters. The standard InChI is InChI=1S/C11H9Br2ClN2S/c1-2-3-6-9(13)10(14)16-11(15-6)7-4-5-8(12)17-7/h4-5H,2-3H2,1H3. The molecular weight excluding hydrogens is 387 g/mol. The van der Waals surface area contributed by atoms with E-state index in [-0.39, 0.29) is 0 Å². The Morgan fingerprint density at radius 3 is 2.65 bits per heavy atom. The monoisotopic (exact) mass is 394 g/mol. The fourth-order valence-electron chi connectivity index (χ4n) is 1.41. The van der Waals surface area contributed by atoms with Crippen LogP contribution in [0.3, 0.4) is 0 Å². The van der Waals surface area contributed by atoms with Gasteiger partial charge in [-0.2, -0.15) is 0 Å². The Labute approximate surface area is 126 Å². The van der Waals surface area contributed by atoms with Crippen LogP contribution < -0.4 is 0 Å². The minimum Gasteiger partial charge on any atom is -0.231 e. The van der Waals surface area contributed by atoms with Gasteiger partial charge in [0.15, 0.2) is 5.82 Å². The maximum Gasteiger partial charge on any atom is 0.171 e. The first-order valence-corrected chi connectivity index (χ1v) is 7.87. The average molecular weight is 397 g/mol. The molecule has 2 heterocycles. The predicted molar refractivity (Wildman–Crippen MR) is 79.8 cm³/mol. The van der Waals surface area contributed by atoms with Gasteiger partial charge in [-0.25, -0.2) is 9.97 Å². The van der Waals surface area contributed by atoms with Gasteiger partial charge in [-0.1, -0.05) is 24.9 Å². The Balaban J connectivity index is 2.48. The van der Waals surface area contributed by atoms with Crippen LogP contribution in [-0.2, 0) is 6.42 Å². The van der Waals surface area contributed by atoms with Gasteiger partial charge in [0.1, 0.15) is 5.15 Å². The molecule has 0 amide bonds. The molecule has 2 aromatic rings. The minimum atomic E-state index is 0.475. The zero-order valence-electron chi connectivity index (χ0n) is 9.01. The second kappa shape index (κ2) is 5.78. The molecule has 0 N–H and O–H groups in total. The van der Waals surface area contributed by atoms with E-state index < -0.39 is 0 Å². The lowest BCUT2D eigenvalue weighted by molar-refractivity contribution is 0.868. The van der Waals surface area contributed by atoms with E-state index in [0.29, 0.717) is 11.0 Å². The van der Waals surface area contributed by atoms with Crippen molar-refractivity contribution in [3.8, 4) is 10.7 Å². The number of thiophene rings is 1. The Morgan fingerprint density at radius 1 is 1.29 bits per heavy atom. The molecule has 0 aliphatic heterocycles. The second-order valence-corrected chi connectivity index (χ2v) is 7.07. The van der Waals surface area contributed by atoms with Crippen LogP contribution in [0.5, 0.6) is 0 Å². The van der Waals surface area contributed by atoms with Gasteiger partial charge in [-0.05, 0) is 50.4 Å². The lowest BCUT2D eigenvalue weighted by Crippen LogP contribution is -1.97. The first kappa shape index (κ1) is 13.5. The van der Waals surface area contributed by atoms with E-state index in [1.54, 1.807) is 11.3 Å². The van der Waals surface area contributed by atoms with Crippen molar-refractivity contribution in [2.45, 2.75) is 19.8 Å². The summed E-state index contributed by atoms with van der Waals surface area (Å²) in [5.74, 6) is 0.692. The summed E-state index contributed by atoms with van der Waals surface area (Å²) in [6.07, 6.45) is 1.92. The molecule has 0 saturated heterocycles. The number of hydrogen-bond acceptors (Lipinski definition) is 3. The minimum absolute atomic E-state index is 0.475. The van der Waals surface area contributed by atoms with E-state index in [1.165, 1.54) is 0 Å². The van der Waals surface area contributed by atoms with E-state index in [1.807, 2.05) is 12.1 Å². The van der Waals surface area contributed by atoms with E-state index >= 15 is 0 Å². The molecule has 2 rings (SSSR count). The highest BCUT2D eigenvalue weighted by Crippen LogP contribution is 2.32. The summed E-state index contributed by atoms with van der Waals surface area (Å²) >= 11 is 14.6. The van der Waals surface area contributed by atoms with Crippen LogP contribution in [0.1, 0.15) is 19.0 Å². The van der Waals surface area contributed by atoms with Gasteiger partial charge in [0, 0.05) is 0 Å². The van der Waals surface area contributed by atoms with Crippen molar-refractivity contribution in [3.05, 3.63) is 31.2 Å². The SMILES string of the molecule is CCCc1nc(-c2ccc(Br)s2)nc(Cl)c1Br. The molecule has 0 unspecified atom stereocenters. The Bertz CT molecular complexity index is 542. The van der Waals surface area contributed by atoms with Crippen molar-refractivity contribution in [3.63, 3.8) is 0 Å². The lowest BCUT2D eigenvalue weighted by Gasteiger charge is -2.06. The van der Waals surface area contributed by atoms with Crippen molar-refractivity contribution >= 4 is 54.8 Å². The lowest BCUT2D eigenvalue weighted by atomic mass is 10.2. The zero-order valence-corrected chi connectivity index (χ0v) is 13.7. The summed E-state index contributed by atoms with van der Waals surface area (Å²) in [5, 5.41) is 0.475. The summed E-state index contributed by atoms with van der Waals surface area (Å²) in [6.45, 7) is 2.11. The Morgan fingerprint density at radius 2 is 2.06 bits per heavy atom. The van der Waals surface area contributed by atoms with Gasteiger partial charge < -0.3 is 0 Å². The van der Waals surface area contributed by atoms with Crippen molar-refractivity contribution in [1.82, 2.24) is 9.97 Å². The van der Waals surface area contributed by atoms with Crippen LogP contribution in [0, 0.1) is 0 Å². The summed E-state index contributed by atoms with van der Waals surface area (Å²) in [4.78, 5) is 9.87. The molecule has 6 heteroatoms. The third kappa shape index (κ3) is 3.08. The third-order valence-electron chi connectivity index (χ3n) is 2.16. The Kier molecular flexibility index (Phi) is 4.58. The number of nitrogens with zero attached hydrogens (tertiary/aromatic N) is 2. The number of aromatic nitrogens is 2. The fourth-order valence-corrected chi connectivity index (χ4v) is 3.30. The highest BCUT2D eigenvalue weighted by atomic mass is 79.9. The first-order chi connectivity index (χ1) is 8.11. The molecule has 0 aromatic carbocycles. The van der Waals surface area contributed by atoms with Gasteiger partial charge >= 0.3 is 0 Å². The average Bonchev–Trinajstić information content (AvgIpc) is 2.71. The van der Waals surface area contributed by atoms with Crippen LogP contribution >= 0.6 is 54.8 Å². The van der Waals surface area contributed by atoms with Crippen LogP contribution in [0.4, 0.5) is 0 Å². The summed E-state index contributed by atoms with van der Waals surface area (Å²) in [7, 11) is 0. The molecule has 2 aromatic heterocycles. The molecule has 0 bridgehead atoms. The fraction of sp³-hybridized carbons (Fsp3) is 0.273. The molecule has 0 radical (unpaired) electrons. The van der Waals surface area contributed by atoms with Gasteiger partial charge in [0.25, 0.3) is 0 Å². The molecule has 0 spiro atoms. The molecule has 90 valence electrons. The van der Waals surface area contributed by atoms with E-state index in [4.69, 9.17) is 11.6 Å². The van der Waals surface area contributed by atoms with Gasteiger partial charge in [0.2, 0.25) is 0 Å². The van der Waals surface area contributed by atoms with E-state index in [9.17, 15) is 0 Å². The van der Waals surface area contributed by atoms with Crippen LogP contribution in [0.25, 0.3) is 10.7 Å². The van der Waals surface area contributed by atoms with Crippen LogP contribution in [0.15, 0.2) is 20.4 Å². The number of aryl methyl sites for hydroxylation is 1. The summed E-state index contributed by atoms with van der Waals surface area (Å²) in [5.41, 5.74) is 0.965. The molecule has 0 aliphatic rings. The molecule has 2 nitrogen and oxygen atoms in total. The van der Waals surface area contributed by atoms with Gasteiger partial charge in [-0.3, -0.25) is 0 Å². The van der Waals surface area contributed by atoms with Crippen LogP contribution in [-0.4, -0.2) is 9.97 Å². The second-order valence-electron chi connectivity index (χ2n) is 3.45. The topological polar surface area (TPSA) is 25.8 Å². The summed E-state index contributed by atoms with van der Waals surface area (Å²) < 4.78 is 1.87.